The van der Waals surface area contributed by atoms with Gasteiger partial charge in [-0.2, -0.15) is 92.2 Å². The van der Waals surface area contributed by atoms with Crippen molar-refractivity contribution in [3.63, 3.8) is 0 Å². The number of hydrogen-bond acceptors (Lipinski definition) is 16. The summed E-state index contributed by atoms with van der Waals surface area (Å²) in [5.74, 6) is -0.794. The van der Waals surface area contributed by atoms with Gasteiger partial charge in [-0.3, -0.25) is 34.2 Å². The average Bonchev–Trinajstić information content (AvgIpc) is 0.768. The molecular formula is C97H124F21N11O7. The third-order valence-electron chi connectivity index (χ3n) is 23.4. The molecule has 0 saturated carbocycles. The number of alkyl carbamates (subject to hydrolysis) is 2. The number of alkyl halides is 21. The number of Topliss-reactive ketones (excluding diaryl/α,β-unsaturated/α-hetero) is 1. The molecule has 0 bridgehead atoms. The number of hydrogen-bond donors (Lipinski definition) is 4. The Morgan fingerprint density at radius 3 is 1.13 bits per heavy atom. The van der Waals surface area contributed by atoms with Crippen molar-refractivity contribution in [2.45, 2.75) is 299 Å². The van der Waals surface area contributed by atoms with Crippen molar-refractivity contribution < 1.29 is 126 Å². The Labute approximate surface area is 780 Å². The molecule has 6 aliphatic heterocycles. The fourth-order valence-corrected chi connectivity index (χ4v) is 16.3. The van der Waals surface area contributed by atoms with Crippen LogP contribution in [-0.2, 0) is 23.9 Å². The number of piperidine rings is 5. The number of likely N-dealkylation sites (tertiary alicyclic amines) is 4. The number of carbonyl (C=O) groups excluding carboxylic acids is 4. The summed E-state index contributed by atoms with van der Waals surface area (Å²) in [5.41, 5.74) is 9.87. The molecule has 6 aromatic carbocycles. The second-order valence-electron chi connectivity index (χ2n) is 35.9. The molecule has 0 aromatic heterocycles. The van der Waals surface area contributed by atoms with E-state index in [4.69, 9.17) is 15.2 Å². The van der Waals surface area contributed by atoms with Gasteiger partial charge in [-0.15, -0.1) is 0 Å². The van der Waals surface area contributed by atoms with Gasteiger partial charge in [0, 0.05) is 107 Å². The summed E-state index contributed by atoms with van der Waals surface area (Å²) < 4.78 is 282. The lowest BCUT2D eigenvalue weighted by Crippen LogP contribution is -2.56. The predicted octanol–water partition coefficient (Wildman–Crippen LogP) is 23.9. The Kier molecular flexibility index (Phi) is 43.2. The lowest BCUT2D eigenvalue weighted by molar-refractivity contribution is -0.199. The maximum atomic E-state index is 13.7. The lowest BCUT2D eigenvalue weighted by atomic mass is 9.93. The summed E-state index contributed by atoms with van der Waals surface area (Å²) >= 11 is 0. The van der Waals surface area contributed by atoms with Crippen molar-refractivity contribution in [3.8, 4) is 0 Å². The van der Waals surface area contributed by atoms with Crippen LogP contribution in [0.2, 0.25) is 0 Å². The zero-order chi connectivity index (χ0) is 102. The molecule has 15 atom stereocenters. The fourth-order valence-electron chi connectivity index (χ4n) is 16.3. The van der Waals surface area contributed by atoms with E-state index in [0.717, 1.165) is 33.4 Å². The normalized spacial score (nSPS) is 23.2. The molecule has 136 heavy (non-hydrogen) atoms. The molecule has 756 valence electrons. The van der Waals surface area contributed by atoms with Gasteiger partial charge in [0.1, 0.15) is 66.6 Å². The Bertz CT molecular complexity index is 4640. The molecule has 5 N–H and O–H groups in total. The number of ketones is 2. The SMILES string of the molecule is CC(C)(C)OC(=O)N[C@H]1CCN[C@H](C(F)(F)F)C1.CO/N=C1/CCN([C@H](C)c2ccccc2)[C@H](C(F)(F)F)C1.C[C@@H](N=CC(F)(F)F)c1ccccc1.C[C@H](c1ccccc1)N1C=CC(=O)C[C@H]1C(F)(F)F.C[C@H](c1ccccc1)N1CCC(=O)C[C@H]1C(F)(F)F.C[C@H](c1ccccc1)N1CC[C@H](N)C[C@H]1C(F)(F)F.C[C@H](c1ccccc1)N1CC[C@H](NC(=O)OC(C)(C)C)C[C@H]1C(F)(F)F. The first kappa shape index (κ1) is 115. The number of nitrogens with one attached hydrogen (secondary N) is 3. The van der Waals surface area contributed by atoms with Gasteiger partial charge < -0.3 is 40.9 Å². The number of nitrogens with two attached hydrogens (primary N) is 1. The fraction of sp³-hybridized carbons (Fsp3) is 0.546. The van der Waals surface area contributed by atoms with Crippen LogP contribution in [0.4, 0.5) is 102 Å². The molecule has 39 heteroatoms. The standard InChI is InChI=1S/C19H27F3N2O2.C15H19F3N2O.C14H19F3N2.C14H16F3NO.C14H14F3NO.C11H19F3N2O2.C10H10F3N/c1-13(14-8-6-5-7-9-14)24-11-10-15(12-16(24)19(20,21)22)23-17(25)26-18(2,3)4;1-11(12-6-4-3-5-7-12)20-9-8-13(19-21-2)10-14(20)15(16,17)18;1-10(11-5-3-2-4-6-11)19-8-7-12(18)9-13(19)14(15,16)17;2*1-10(11-5-3-2-4-6-11)18-8-7-12(19)9-13(18)14(15,16)17;1-10(2,3)18-9(17)16-7-4-5-15-8(6-7)11(12,13)14;1-8(14-7-10(11,12)13)9-5-3-2-4-6-9/h5-9,13,15-16H,10-12H2,1-4H3,(H,23,25);3-7,11,14H,8-10H2,1-2H3;2-6,10,12-13H,7-9,18H2,1H3;2-6,10,13H,7-9H2,1H3;2-8,10,13H,9H2,1H3;7-8,15H,4-6H2,1-3H3,(H,16,17);2-8H,1H3/b;19-13-;;;;;/t13-,15+,16+;11-,14+;10-,12+,13+;2*10-,13+;7-,8-;8-/m1111101/s1. The van der Waals surface area contributed by atoms with Gasteiger partial charge in [0.15, 0.2) is 5.78 Å². The molecule has 0 spiro atoms. The largest absolute Gasteiger partial charge is 0.444 e. The Morgan fingerprint density at radius 1 is 0.419 bits per heavy atom. The number of benzene rings is 6. The Morgan fingerprint density at radius 2 is 0.765 bits per heavy atom. The molecule has 5 fully saturated rings. The van der Waals surface area contributed by atoms with Gasteiger partial charge in [-0.05, 0) is 168 Å². The molecule has 0 radical (unpaired) electrons. The first-order chi connectivity index (χ1) is 63.1. The minimum absolute atomic E-state index is 0.0132. The van der Waals surface area contributed by atoms with Crippen molar-refractivity contribution >= 4 is 35.7 Å². The number of amides is 2. The van der Waals surface area contributed by atoms with E-state index in [9.17, 15) is 111 Å². The molecular weight excluding hydrogens is 1830 g/mol. The molecule has 6 heterocycles. The first-order valence-electron chi connectivity index (χ1n) is 44.6. The van der Waals surface area contributed by atoms with Crippen LogP contribution in [0, 0.1) is 0 Å². The van der Waals surface area contributed by atoms with Crippen LogP contribution >= 0.6 is 0 Å². The van der Waals surface area contributed by atoms with Crippen molar-refractivity contribution in [2.24, 2.45) is 15.9 Å². The highest BCUT2D eigenvalue weighted by Crippen LogP contribution is 2.43. The quantitative estimate of drug-likeness (QED) is 0.0430. The highest BCUT2D eigenvalue weighted by Gasteiger charge is 2.53. The van der Waals surface area contributed by atoms with Crippen LogP contribution in [0.15, 0.2) is 204 Å². The van der Waals surface area contributed by atoms with Gasteiger partial charge in [0.05, 0.1) is 17.8 Å². The minimum Gasteiger partial charge on any atom is -0.444 e. The molecule has 0 unspecified atom stereocenters. The first-order valence-corrected chi connectivity index (χ1v) is 44.6. The van der Waals surface area contributed by atoms with Crippen LogP contribution in [0.25, 0.3) is 0 Å². The van der Waals surface area contributed by atoms with Gasteiger partial charge in [-0.1, -0.05) is 187 Å². The molecule has 6 aromatic rings. The van der Waals surface area contributed by atoms with E-state index >= 15 is 0 Å². The van der Waals surface area contributed by atoms with Crippen LogP contribution in [0.1, 0.15) is 223 Å². The molecule has 0 aliphatic carbocycles. The molecule has 2 amide bonds. The molecule has 18 nitrogen and oxygen atoms in total. The number of allylic oxidation sites excluding steroid dienone is 1. The average molecular weight is 1960 g/mol. The van der Waals surface area contributed by atoms with Crippen LogP contribution in [-0.4, -0.2) is 209 Å². The summed E-state index contributed by atoms with van der Waals surface area (Å²) in [4.78, 5) is 61.0. The maximum absolute atomic E-state index is 13.7. The van der Waals surface area contributed by atoms with E-state index < -0.39 is 146 Å². The minimum atomic E-state index is -4.41. The monoisotopic (exact) mass is 1950 g/mol. The van der Waals surface area contributed by atoms with Crippen LogP contribution < -0.4 is 21.7 Å². The third-order valence-corrected chi connectivity index (χ3v) is 23.4. The van der Waals surface area contributed by atoms with Gasteiger partial charge in [0.2, 0.25) is 0 Å². The zero-order valence-electron chi connectivity index (χ0n) is 78.0. The number of oxime groups is 1. The lowest BCUT2D eigenvalue weighted by Gasteiger charge is -2.43. The van der Waals surface area contributed by atoms with Gasteiger partial charge in [0.25, 0.3) is 0 Å². The number of halogens is 21. The van der Waals surface area contributed by atoms with Gasteiger partial charge in [-0.25, -0.2) is 9.59 Å². The van der Waals surface area contributed by atoms with Crippen LogP contribution in [0.3, 0.4) is 0 Å². The Hall–Kier alpha value is -9.83. The van der Waals surface area contributed by atoms with E-state index in [1.54, 1.807) is 118 Å². The van der Waals surface area contributed by atoms with E-state index in [1.807, 2.05) is 147 Å². The Balaban J connectivity index is 0.000000245. The highest BCUT2D eigenvalue weighted by atomic mass is 19.4. The zero-order valence-corrected chi connectivity index (χ0v) is 78.0. The summed E-state index contributed by atoms with van der Waals surface area (Å²) in [7, 11) is 1.36. The summed E-state index contributed by atoms with van der Waals surface area (Å²) in [6, 6.07) is 41.5. The summed E-state index contributed by atoms with van der Waals surface area (Å²) in [6.45, 7) is 22.1. The predicted molar refractivity (Wildman–Crippen MR) is 478 cm³/mol. The summed E-state index contributed by atoms with van der Waals surface area (Å²) in [6.07, 6.45) is -28.3. The van der Waals surface area contributed by atoms with E-state index in [0.29, 0.717) is 44.5 Å². The molecule has 6 aliphatic rings. The van der Waals surface area contributed by atoms with Crippen LogP contribution in [0.5, 0.6) is 0 Å². The van der Waals surface area contributed by atoms with Crippen molar-refractivity contribution in [1.82, 2.24) is 40.4 Å². The highest BCUT2D eigenvalue weighted by molar-refractivity contribution is 5.91. The third kappa shape index (κ3) is 38.9. The van der Waals surface area contributed by atoms with E-state index in [1.165, 1.54) is 43.9 Å². The second-order valence-corrected chi connectivity index (χ2v) is 35.9. The number of ether oxygens (including phenoxy) is 2. The number of carbonyl (C=O) groups is 4. The topological polar surface area (TPSA) is 199 Å². The smallest absolute Gasteiger partial charge is 0.426 e. The molecule has 5 saturated heterocycles. The number of aliphatic imine (C=N–C) groups is 1. The van der Waals surface area contributed by atoms with Gasteiger partial charge >= 0.3 is 55.4 Å². The number of nitrogens with zero attached hydrogens (tertiary/aromatic N) is 7. The van der Waals surface area contributed by atoms with Crippen molar-refractivity contribution in [1.29, 1.82) is 0 Å². The maximum Gasteiger partial charge on any atom is 0.426 e. The van der Waals surface area contributed by atoms with Crippen molar-refractivity contribution in [3.05, 3.63) is 228 Å². The van der Waals surface area contributed by atoms with E-state index in [2.05, 4.69) is 30.9 Å². The second kappa shape index (κ2) is 51.2. The van der Waals surface area contributed by atoms with Crippen molar-refractivity contribution in [2.75, 3.05) is 39.8 Å². The van der Waals surface area contributed by atoms with E-state index in [-0.39, 0.29) is 93.9 Å². The summed E-state index contributed by atoms with van der Waals surface area (Å²) in [5, 5.41) is 11.2. The number of rotatable bonds is 15. The molecule has 12 rings (SSSR count).